The fourth-order valence-electron chi connectivity index (χ4n) is 5.73. The van der Waals surface area contributed by atoms with Crippen LogP contribution in [0.1, 0.15) is 25.0 Å². The molecule has 186 valence electrons. The average molecular weight is 502 g/mol. The van der Waals surface area contributed by atoms with E-state index in [9.17, 15) is 0 Å². The predicted molar refractivity (Wildman–Crippen MR) is 159 cm³/mol. The second-order valence-electron chi connectivity index (χ2n) is 10.5. The maximum Gasteiger partial charge on any atom is 0.164 e. The fourth-order valence-corrected chi connectivity index (χ4v) is 5.73. The van der Waals surface area contributed by atoms with Gasteiger partial charge in [-0.3, -0.25) is 0 Å². The minimum Gasteiger partial charge on any atom is -0.208 e. The SMILES string of the molecule is CC1(C)c2ccccc2-c2c(-c3nc(-c4ccccc4)nc(-c4ccc(-c5ccccc5)cc4)n3)cccc21. The van der Waals surface area contributed by atoms with E-state index in [1.807, 2.05) is 24.3 Å². The van der Waals surface area contributed by atoms with E-state index >= 15 is 0 Å². The van der Waals surface area contributed by atoms with Crippen LogP contribution in [0.3, 0.4) is 0 Å². The van der Waals surface area contributed by atoms with Crippen molar-refractivity contribution >= 4 is 0 Å². The van der Waals surface area contributed by atoms with Crippen molar-refractivity contribution in [1.82, 2.24) is 15.0 Å². The molecule has 7 rings (SSSR count). The molecule has 3 heteroatoms. The molecule has 0 fully saturated rings. The van der Waals surface area contributed by atoms with Crippen molar-refractivity contribution in [2.24, 2.45) is 0 Å². The first kappa shape index (κ1) is 23.2. The summed E-state index contributed by atoms with van der Waals surface area (Å²) in [5.74, 6) is 2.03. The number of hydrogen-bond acceptors (Lipinski definition) is 3. The molecule has 6 aromatic rings. The Kier molecular flexibility index (Phi) is 5.45. The largest absolute Gasteiger partial charge is 0.208 e. The van der Waals surface area contributed by atoms with Crippen LogP contribution in [0, 0.1) is 0 Å². The average Bonchev–Trinajstić information content (AvgIpc) is 3.24. The summed E-state index contributed by atoms with van der Waals surface area (Å²) in [6.45, 7) is 4.59. The van der Waals surface area contributed by atoms with E-state index in [1.165, 1.54) is 27.8 Å². The minimum atomic E-state index is -0.0900. The molecular weight excluding hydrogens is 474 g/mol. The summed E-state index contributed by atoms with van der Waals surface area (Å²) in [5, 5.41) is 0. The molecule has 0 aliphatic heterocycles. The van der Waals surface area contributed by atoms with Gasteiger partial charge in [-0.2, -0.15) is 0 Å². The lowest BCUT2D eigenvalue weighted by Crippen LogP contribution is -2.14. The van der Waals surface area contributed by atoms with Crippen LogP contribution < -0.4 is 0 Å². The molecular formula is C36H27N3. The van der Waals surface area contributed by atoms with Crippen LogP contribution in [-0.2, 0) is 5.41 Å². The second-order valence-corrected chi connectivity index (χ2v) is 10.5. The van der Waals surface area contributed by atoms with E-state index in [1.54, 1.807) is 0 Å². The smallest absolute Gasteiger partial charge is 0.164 e. The lowest BCUT2D eigenvalue weighted by atomic mass is 9.82. The van der Waals surface area contributed by atoms with Gasteiger partial charge >= 0.3 is 0 Å². The molecule has 39 heavy (non-hydrogen) atoms. The molecule has 1 aliphatic rings. The van der Waals surface area contributed by atoms with Crippen LogP contribution in [0.4, 0.5) is 0 Å². The van der Waals surface area contributed by atoms with Crippen molar-refractivity contribution in [3.63, 3.8) is 0 Å². The zero-order valence-electron chi connectivity index (χ0n) is 22.0. The van der Waals surface area contributed by atoms with Crippen LogP contribution >= 0.6 is 0 Å². The summed E-state index contributed by atoms with van der Waals surface area (Å²) < 4.78 is 0. The highest BCUT2D eigenvalue weighted by Crippen LogP contribution is 2.51. The standard InChI is InChI=1S/C36H27N3/c1-36(2)30-18-10-9-16-28(30)32-29(17-11-19-31(32)36)35-38-33(26-14-7-4-8-15-26)37-34(39-35)27-22-20-25(21-23-27)24-12-5-3-6-13-24/h3-23H,1-2H3. The molecule has 0 bridgehead atoms. The highest BCUT2D eigenvalue weighted by molar-refractivity contribution is 5.91. The molecule has 1 aromatic heterocycles. The Bertz CT molecular complexity index is 1810. The number of rotatable bonds is 4. The van der Waals surface area contributed by atoms with Gasteiger partial charge in [0.1, 0.15) is 0 Å². The third-order valence-electron chi connectivity index (χ3n) is 7.77. The molecule has 3 nitrogen and oxygen atoms in total. The normalized spacial score (nSPS) is 13.1. The van der Waals surface area contributed by atoms with Crippen molar-refractivity contribution in [3.05, 3.63) is 139 Å². The first-order chi connectivity index (χ1) is 19.1. The first-order valence-corrected chi connectivity index (χ1v) is 13.3. The highest BCUT2D eigenvalue weighted by atomic mass is 15.0. The Balaban J connectivity index is 1.42. The lowest BCUT2D eigenvalue weighted by Gasteiger charge is -2.21. The van der Waals surface area contributed by atoms with Gasteiger partial charge in [-0.1, -0.05) is 141 Å². The van der Waals surface area contributed by atoms with E-state index in [0.717, 1.165) is 22.3 Å². The monoisotopic (exact) mass is 501 g/mol. The second kappa shape index (κ2) is 9.14. The van der Waals surface area contributed by atoms with Crippen LogP contribution in [0.25, 0.3) is 56.4 Å². The van der Waals surface area contributed by atoms with Gasteiger partial charge in [-0.05, 0) is 33.4 Å². The molecule has 5 aromatic carbocycles. The molecule has 1 aliphatic carbocycles. The molecule has 0 atom stereocenters. The van der Waals surface area contributed by atoms with Crippen molar-refractivity contribution < 1.29 is 0 Å². The Morgan fingerprint density at radius 1 is 0.385 bits per heavy atom. The van der Waals surface area contributed by atoms with E-state index < -0.39 is 0 Å². The molecule has 0 saturated carbocycles. The van der Waals surface area contributed by atoms with Gasteiger partial charge in [0.25, 0.3) is 0 Å². The first-order valence-electron chi connectivity index (χ1n) is 13.3. The van der Waals surface area contributed by atoms with Crippen molar-refractivity contribution in [2.45, 2.75) is 19.3 Å². The van der Waals surface area contributed by atoms with Crippen molar-refractivity contribution in [3.8, 4) is 56.4 Å². The van der Waals surface area contributed by atoms with Crippen molar-refractivity contribution in [2.75, 3.05) is 0 Å². The molecule has 0 radical (unpaired) electrons. The number of aromatic nitrogens is 3. The number of hydrogen-bond donors (Lipinski definition) is 0. The maximum absolute atomic E-state index is 5.08. The molecule has 0 unspecified atom stereocenters. The van der Waals surface area contributed by atoms with E-state index in [4.69, 9.17) is 15.0 Å². The Labute approximate surface area is 228 Å². The zero-order valence-corrected chi connectivity index (χ0v) is 22.0. The third-order valence-corrected chi connectivity index (χ3v) is 7.77. The van der Waals surface area contributed by atoms with E-state index in [2.05, 4.69) is 117 Å². The number of fused-ring (bicyclic) bond motifs is 3. The fraction of sp³-hybridized carbons (Fsp3) is 0.0833. The topological polar surface area (TPSA) is 38.7 Å². The maximum atomic E-state index is 5.08. The molecule has 0 spiro atoms. The summed E-state index contributed by atoms with van der Waals surface area (Å²) in [7, 11) is 0. The lowest BCUT2D eigenvalue weighted by molar-refractivity contribution is 0.660. The molecule has 0 saturated heterocycles. The van der Waals surface area contributed by atoms with E-state index in [0.29, 0.717) is 17.5 Å². The van der Waals surface area contributed by atoms with E-state index in [-0.39, 0.29) is 5.41 Å². The van der Waals surface area contributed by atoms with Gasteiger partial charge < -0.3 is 0 Å². The highest BCUT2D eigenvalue weighted by Gasteiger charge is 2.37. The summed E-state index contributed by atoms with van der Waals surface area (Å²) in [5.41, 5.74) is 10.3. The quantitative estimate of drug-likeness (QED) is 0.242. The van der Waals surface area contributed by atoms with Crippen LogP contribution in [0.2, 0.25) is 0 Å². The predicted octanol–water partition coefficient (Wildman–Crippen LogP) is 8.85. The van der Waals surface area contributed by atoms with Crippen LogP contribution in [0.5, 0.6) is 0 Å². The van der Waals surface area contributed by atoms with Gasteiger partial charge in [-0.15, -0.1) is 0 Å². The van der Waals surface area contributed by atoms with Gasteiger partial charge in [0.05, 0.1) is 0 Å². The number of nitrogens with zero attached hydrogens (tertiary/aromatic N) is 3. The zero-order chi connectivity index (χ0) is 26.4. The van der Waals surface area contributed by atoms with Crippen LogP contribution in [-0.4, -0.2) is 15.0 Å². The Morgan fingerprint density at radius 3 is 1.54 bits per heavy atom. The Morgan fingerprint density at radius 2 is 0.846 bits per heavy atom. The summed E-state index contributed by atoms with van der Waals surface area (Å²) in [4.78, 5) is 15.1. The minimum absolute atomic E-state index is 0.0900. The Hall–Kier alpha value is -4.89. The molecule has 1 heterocycles. The summed E-state index contributed by atoms with van der Waals surface area (Å²) >= 11 is 0. The summed E-state index contributed by atoms with van der Waals surface area (Å²) in [6.07, 6.45) is 0. The van der Waals surface area contributed by atoms with Gasteiger partial charge in [-0.25, -0.2) is 15.0 Å². The van der Waals surface area contributed by atoms with Gasteiger partial charge in [0.2, 0.25) is 0 Å². The van der Waals surface area contributed by atoms with Gasteiger partial charge in [0.15, 0.2) is 17.5 Å². The van der Waals surface area contributed by atoms with Crippen molar-refractivity contribution in [1.29, 1.82) is 0 Å². The third kappa shape index (κ3) is 3.95. The molecule has 0 amide bonds. The summed E-state index contributed by atoms with van der Waals surface area (Å²) in [6, 6.07) is 44.2. The molecule has 0 N–H and O–H groups in total. The number of benzene rings is 5. The van der Waals surface area contributed by atoms with Crippen LogP contribution in [0.15, 0.2) is 127 Å². The van der Waals surface area contributed by atoms with Gasteiger partial charge in [0, 0.05) is 22.1 Å².